The molecule has 0 spiro atoms. The Morgan fingerprint density at radius 3 is 2.64 bits per heavy atom. The predicted octanol–water partition coefficient (Wildman–Crippen LogP) is 2.75. The molecule has 1 heteroatoms. The second-order valence-corrected chi connectivity index (χ2v) is 3.27. The summed E-state index contributed by atoms with van der Waals surface area (Å²) in [5, 5.41) is 9.30. The molecule has 0 fully saturated rings. The average molecular weight is 156 g/mol. The van der Waals surface area contributed by atoms with Gasteiger partial charge in [0, 0.05) is 0 Å². The molecule has 0 bridgehead atoms. The summed E-state index contributed by atoms with van der Waals surface area (Å²) < 4.78 is 0. The van der Waals surface area contributed by atoms with Crippen molar-refractivity contribution in [2.45, 2.75) is 45.6 Å². The fourth-order valence-corrected chi connectivity index (χ4v) is 1.15. The highest BCUT2D eigenvalue weighted by atomic mass is 16.3. The van der Waals surface area contributed by atoms with Crippen molar-refractivity contribution in [3.63, 3.8) is 0 Å². The van der Waals surface area contributed by atoms with Gasteiger partial charge < -0.3 is 5.11 Å². The highest BCUT2D eigenvalue weighted by molar-refractivity contribution is 4.69. The summed E-state index contributed by atoms with van der Waals surface area (Å²) in [6.07, 6.45) is 5.87. The number of aliphatic hydroxyl groups is 1. The van der Waals surface area contributed by atoms with E-state index in [1.165, 1.54) is 0 Å². The molecule has 0 aliphatic carbocycles. The zero-order valence-corrected chi connectivity index (χ0v) is 7.71. The Bertz CT molecular complexity index is 99.0. The minimum absolute atomic E-state index is 0.102. The van der Waals surface area contributed by atoms with Crippen molar-refractivity contribution in [3.8, 4) is 0 Å². The van der Waals surface area contributed by atoms with Crippen molar-refractivity contribution in [1.82, 2.24) is 0 Å². The lowest BCUT2D eigenvalue weighted by molar-refractivity contribution is 0.139. The van der Waals surface area contributed by atoms with Crippen LogP contribution in [0.4, 0.5) is 0 Å². The third kappa shape index (κ3) is 6.11. The van der Waals surface area contributed by atoms with Crippen LogP contribution in [0.25, 0.3) is 0 Å². The first-order chi connectivity index (χ1) is 5.20. The van der Waals surface area contributed by atoms with Crippen LogP contribution in [0.1, 0.15) is 39.5 Å². The van der Waals surface area contributed by atoms with Crippen molar-refractivity contribution < 1.29 is 5.11 Å². The lowest BCUT2D eigenvalue weighted by Gasteiger charge is -2.13. The highest BCUT2D eigenvalue weighted by Crippen LogP contribution is 2.14. The van der Waals surface area contributed by atoms with Gasteiger partial charge in [-0.2, -0.15) is 0 Å². The second kappa shape index (κ2) is 6.41. The van der Waals surface area contributed by atoms with Gasteiger partial charge in [-0.15, -0.1) is 6.58 Å². The highest BCUT2D eigenvalue weighted by Gasteiger charge is 2.06. The summed E-state index contributed by atoms with van der Waals surface area (Å²) in [5.41, 5.74) is 0. The molecule has 0 heterocycles. The van der Waals surface area contributed by atoms with Gasteiger partial charge in [-0.25, -0.2) is 0 Å². The van der Waals surface area contributed by atoms with E-state index in [4.69, 9.17) is 0 Å². The van der Waals surface area contributed by atoms with Crippen molar-refractivity contribution >= 4 is 0 Å². The van der Waals surface area contributed by atoms with Crippen molar-refractivity contribution in [2.75, 3.05) is 0 Å². The van der Waals surface area contributed by atoms with E-state index in [0.717, 1.165) is 25.7 Å². The molecule has 0 aliphatic heterocycles. The van der Waals surface area contributed by atoms with Crippen LogP contribution < -0.4 is 0 Å². The molecule has 0 aromatic heterocycles. The molecule has 1 N–H and O–H groups in total. The quantitative estimate of drug-likeness (QED) is 0.586. The normalized spacial score (nSPS) is 15.9. The van der Waals surface area contributed by atoms with Crippen LogP contribution in [0, 0.1) is 5.92 Å². The SMILES string of the molecule is C=CCCC(C)CC(O)CC. The van der Waals surface area contributed by atoms with Crippen LogP contribution in [-0.4, -0.2) is 11.2 Å². The zero-order chi connectivity index (χ0) is 8.69. The summed E-state index contributed by atoms with van der Waals surface area (Å²) in [6, 6.07) is 0. The van der Waals surface area contributed by atoms with Crippen molar-refractivity contribution in [2.24, 2.45) is 5.92 Å². The Kier molecular flexibility index (Phi) is 6.24. The van der Waals surface area contributed by atoms with Crippen molar-refractivity contribution in [1.29, 1.82) is 0 Å². The van der Waals surface area contributed by atoms with Gasteiger partial charge in [0.2, 0.25) is 0 Å². The van der Waals surface area contributed by atoms with E-state index in [9.17, 15) is 5.11 Å². The molecule has 0 radical (unpaired) electrons. The zero-order valence-electron chi connectivity index (χ0n) is 7.71. The minimum atomic E-state index is -0.102. The molecule has 0 rings (SSSR count). The van der Waals surface area contributed by atoms with Crippen LogP contribution in [0.2, 0.25) is 0 Å². The van der Waals surface area contributed by atoms with Gasteiger partial charge in [0.05, 0.1) is 6.10 Å². The predicted molar refractivity (Wildman–Crippen MR) is 49.5 cm³/mol. The summed E-state index contributed by atoms with van der Waals surface area (Å²) in [6.45, 7) is 7.87. The first-order valence-corrected chi connectivity index (χ1v) is 4.49. The Labute approximate surface area is 70.1 Å². The standard InChI is InChI=1S/C10H20O/c1-4-6-7-9(3)8-10(11)5-2/h4,9-11H,1,5-8H2,2-3H3. The number of aliphatic hydroxyl groups excluding tert-OH is 1. The molecule has 0 saturated carbocycles. The molecule has 2 atom stereocenters. The van der Waals surface area contributed by atoms with E-state index in [1.807, 2.05) is 13.0 Å². The van der Waals surface area contributed by atoms with Gasteiger partial charge in [0.25, 0.3) is 0 Å². The molecule has 0 aliphatic rings. The van der Waals surface area contributed by atoms with Crippen LogP contribution in [0.3, 0.4) is 0 Å². The largest absolute Gasteiger partial charge is 0.393 e. The maximum absolute atomic E-state index is 9.30. The fraction of sp³-hybridized carbons (Fsp3) is 0.800. The van der Waals surface area contributed by atoms with Gasteiger partial charge >= 0.3 is 0 Å². The summed E-state index contributed by atoms with van der Waals surface area (Å²) in [5.74, 6) is 0.628. The third-order valence-electron chi connectivity index (χ3n) is 2.01. The van der Waals surface area contributed by atoms with Crippen LogP contribution in [0.5, 0.6) is 0 Å². The van der Waals surface area contributed by atoms with Gasteiger partial charge in [-0.1, -0.05) is 19.9 Å². The molecule has 0 saturated heterocycles. The van der Waals surface area contributed by atoms with E-state index in [-0.39, 0.29) is 6.10 Å². The van der Waals surface area contributed by atoms with Gasteiger partial charge in [0.15, 0.2) is 0 Å². The van der Waals surface area contributed by atoms with E-state index in [2.05, 4.69) is 13.5 Å². The second-order valence-electron chi connectivity index (χ2n) is 3.27. The van der Waals surface area contributed by atoms with Gasteiger partial charge in [-0.05, 0) is 31.6 Å². The summed E-state index contributed by atoms with van der Waals surface area (Å²) >= 11 is 0. The monoisotopic (exact) mass is 156 g/mol. The van der Waals surface area contributed by atoms with E-state index in [1.54, 1.807) is 0 Å². The molecule has 0 aromatic carbocycles. The summed E-state index contributed by atoms with van der Waals surface area (Å²) in [7, 11) is 0. The molecule has 0 amide bonds. The third-order valence-corrected chi connectivity index (χ3v) is 2.01. The Morgan fingerprint density at radius 1 is 1.55 bits per heavy atom. The lowest BCUT2D eigenvalue weighted by atomic mass is 9.97. The van der Waals surface area contributed by atoms with Crippen LogP contribution in [-0.2, 0) is 0 Å². The number of allylic oxidation sites excluding steroid dienone is 1. The molecule has 66 valence electrons. The Morgan fingerprint density at radius 2 is 2.18 bits per heavy atom. The van der Waals surface area contributed by atoms with Crippen LogP contribution in [0.15, 0.2) is 12.7 Å². The Balaban J connectivity index is 3.34. The topological polar surface area (TPSA) is 20.2 Å². The lowest BCUT2D eigenvalue weighted by Crippen LogP contribution is -2.09. The van der Waals surface area contributed by atoms with Gasteiger partial charge in [0.1, 0.15) is 0 Å². The Hall–Kier alpha value is -0.300. The van der Waals surface area contributed by atoms with E-state index >= 15 is 0 Å². The summed E-state index contributed by atoms with van der Waals surface area (Å²) in [4.78, 5) is 0. The molecule has 0 aromatic rings. The number of rotatable bonds is 6. The maximum atomic E-state index is 9.30. The first-order valence-electron chi connectivity index (χ1n) is 4.49. The van der Waals surface area contributed by atoms with Crippen molar-refractivity contribution in [3.05, 3.63) is 12.7 Å². The molecular weight excluding hydrogens is 136 g/mol. The fourth-order valence-electron chi connectivity index (χ4n) is 1.15. The smallest absolute Gasteiger partial charge is 0.0540 e. The van der Waals surface area contributed by atoms with E-state index < -0.39 is 0 Å². The van der Waals surface area contributed by atoms with Crippen LogP contribution >= 0.6 is 0 Å². The molecule has 1 nitrogen and oxygen atoms in total. The van der Waals surface area contributed by atoms with Gasteiger partial charge in [-0.3, -0.25) is 0 Å². The molecule has 11 heavy (non-hydrogen) atoms. The average Bonchev–Trinajstić information content (AvgIpc) is 2.00. The number of hydrogen-bond acceptors (Lipinski definition) is 1. The van der Waals surface area contributed by atoms with E-state index in [0.29, 0.717) is 5.92 Å². The number of hydrogen-bond donors (Lipinski definition) is 1. The minimum Gasteiger partial charge on any atom is -0.393 e. The maximum Gasteiger partial charge on any atom is 0.0540 e. The first kappa shape index (κ1) is 10.7. The molecule has 2 unspecified atom stereocenters. The molecular formula is C10H20O.